The van der Waals surface area contributed by atoms with Crippen molar-refractivity contribution in [3.05, 3.63) is 34.7 Å². The summed E-state index contributed by atoms with van der Waals surface area (Å²) in [7, 11) is 0. The average Bonchev–Trinajstić information content (AvgIpc) is 2.34. The Kier molecular flexibility index (Phi) is 2.63. The molecule has 3 aliphatic heterocycles. The van der Waals surface area contributed by atoms with Crippen molar-refractivity contribution < 1.29 is 4.79 Å². The summed E-state index contributed by atoms with van der Waals surface area (Å²) in [5.41, 5.74) is 1.57. The van der Waals surface area contributed by atoms with Crippen LogP contribution >= 0.6 is 11.6 Å². The van der Waals surface area contributed by atoms with Gasteiger partial charge in [0.2, 0.25) is 0 Å². The number of rotatable bonds is 1. The fraction of sp³-hybridized carbons (Fsp3) is 0.385. The van der Waals surface area contributed by atoms with Gasteiger partial charge in [0.15, 0.2) is 5.78 Å². The number of carbonyl (C=O) groups excluding carboxylic acids is 1. The van der Waals surface area contributed by atoms with Crippen LogP contribution in [-0.2, 0) is 4.79 Å². The monoisotopic (exact) mass is 248 g/mol. The number of piperidine rings is 3. The zero-order valence-corrected chi connectivity index (χ0v) is 10.2. The first-order valence-electron chi connectivity index (χ1n) is 5.87. The molecule has 0 radical (unpaired) electrons. The zero-order chi connectivity index (χ0) is 11.8. The van der Waals surface area contributed by atoms with Crippen LogP contribution in [0.25, 0.3) is 6.08 Å². The number of allylic oxidation sites excluding steroid dienone is 1. The number of hydrogen-bond acceptors (Lipinski definition) is 3. The molecule has 0 N–H and O–H groups in total. The van der Waals surface area contributed by atoms with Crippen molar-refractivity contribution in [1.29, 1.82) is 0 Å². The fourth-order valence-corrected chi connectivity index (χ4v) is 2.72. The highest BCUT2D eigenvalue weighted by Crippen LogP contribution is 2.32. The third-order valence-electron chi connectivity index (χ3n) is 3.48. The summed E-state index contributed by atoms with van der Waals surface area (Å²) in [6.45, 7) is 1.98. The van der Waals surface area contributed by atoms with Crippen molar-refractivity contribution in [2.24, 2.45) is 5.92 Å². The highest BCUT2D eigenvalue weighted by Gasteiger charge is 2.36. The van der Waals surface area contributed by atoms with Gasteiger partial charge in [0, 0.05) is 19.0 Å². The number of carbonyl (C=O) groups is 1. The van der Waals surface area contributed by atoms with E-state index in [1.165, 1.54) is 0 Å². The number of Topliss-reactive ketones (excluding diaryl/α,β-unsaturated/α-hetero) is 1. The van der Waals surface area contributed by atoms with E-state index < -0.39 is 0 Å². The van der Waals surface area contributed by atoms with Crippen LogP contribution in [0.2, 0.25) is 5.15 Å². The van der Waals surface area contributed by atoms with Crippen molar-refractivity contribution in [2.45, 2.75) is 12.8 Å². The largest absolute Gasteiger partial charge is 0.369 e. The molecule has 3 nitrogen and oxygen atoms in total. The summed E-state index contributed by atoms with van der Waals surface area (Å²) < 4.78 is 0. The van der Waals surface area contributed by atoms with Crippen molar-refractivity contribution in [2.75, 3.05) is 13.1 Å². The van der Waals surface area contributed by atoms with Crippen LogP contribution in [0, 0.1) is 5.92 Å². The summed E-state index contributed by atoms with van der Waals surface area (Å²) in [4.78, 5) is 18.5. The smallest absolute Gasteiger partial charge is 0.182 e. The van der Waals surface area contributed by atoms with E-state index >= 15 is 0 Å². The van der Waals surface area contributed by atoms with Crippen LogP contribution in [0.15, 0.2) is 23.9 Å². The molecular formula is C13H13ClN2O. The van der Waals surface area contributed by atoms with Gasteiger partial charge in [-0.25, -0.2) is 4.98 Å². The van der Waals surface area contributed by atoms with E-state index in [4.69, 9.17) is 11.6 Å². The molecule has 0 aliphatic carbocycles. The standard InChI is InChI=1S/C13H13ClN2O/c14-12-3-1-2-10(15-12)8-11-13(17)9-4-6-16(11)7-5-9/h1-3,8-9H,4-7H2. The van der Waals surface area contributed by atoms with Gasteiger partial charge in [0.1, 0.15) is 5.15 Å². The van der Waals surface area contributed by atoms with E-state index in [2.05, 4.69) is 9.88 Å². The van der Waals surface area contributed by atoms with Gasteiger partial charge in [0.05, 0.1) is 11.4 Å². The minimum absolute atomic E-state index is 0.227. The molecular weight excluding hydrogens is 236 g/mol. The van der Waals surface area contributed by atoms with Crippen molar-refractivity contribution in [3.63, 3.8) is 0 Å². The van der Waals surface area contributed by atoms with E-state index in [1.54, 1.807) is 6.07 Å². The van der Waals surface area contributed by atoms with E-state index in [-0.39, 0.29) is 11.7 Å². The van der Waals surface area contributed by atoms with Gasteiger partial charge in [-0.05, 0) is 31.1 Å². The molecule has 3 aliphatic rings. The molecule has 0 spiro atoms. The Bertz CT molecular complexity index is 490. The number of pyridine rings is 1. The lowest BCUT2D eigenvalue weighted by Gasteiger charge is -2.41. The first kappa shape index (κ1) is 10.8. The Morgan fingerprint density at radius 1 is 1.35 bits per heavy atom. The van der Waals surface area contributed by atoms with Crippen LogP contribution in [0.5, 0.6) is 0 Å². The van der Waals surface area contributed by atoms with E-state index in [0.717, 1.165) is 37.3 Å². The Morgan fingerprint density at radius 2 is 2.12 bits per heavy atom. The molecule has 4 rings (SSSR count). The fourth-order valence-electron chi connectivity index (χ4n) is 2.55. The van der Waals surface area contributed by atoms with Crippen LogP contribution < -0.4 is 0 Å². The van der Waals surface area contributed by atoms with Crippen molar-refractivity contribution in [3.8, 4) is 0 Å². The molecule has 17 heavy (non-hydrogen) atoms. The minimum Gasteiger partial charge on any atom is -0.369 e. The molecule has 0 aromatic carbocycles. The second-order valence-electron chi connectivity index (χ2n) is 4.54. The van der Waals surface area contributed by atoms with Gasteiger partial charge in [-0.2, -0.15) is 0 Å². The molecule has 88 valence electrons. The molecule has 0 unspecified atom stereocenters. The van der Waals surface area contributed by atoms with Gasteiger partial charge in [-0.1, -0.05) is 17.7 Å². The first-order chi connectivity index (χ1) is 8.24. The third kappa shape index (κ3) is 1.95. The van der Waals surface area contributed by atoms with Gasteiger partial charge < -0.3 is 4.90 Å². The maximum atomic E-state index is 12.1. The zero-order valence-electron chi connectivity index (χ0n) is 9.40. The summed E-state index contributed by atoms with van der Waals surface area (Å²) in [6, 6.07) is 5.46. The summed E-state index contributed by atoms with van der Waals surface area (Å²) in [5.74, 6) is 0.495. The molecule has 0 amide bonds. The lowest BCUT2D eigenvalue weighted by molar-refractivity contribution is -0.125. The third-order valence-corrected chi connectivity index (χ3v) is 3.69. The quantitative estimate of drug-likeness (QED) is 0.565. The summed E-state index contributed by atoms with van der Waals surface area (Å²) >= 11 is 5.84. The molecule has 4 heteroatoms. The predicted octanol–water partition coefficient (Wildman–Crippen LogP) is 2.37. The lowest BCUT2D eigenvalue weighted by Crippen LogP contribution is -2.45. The van der Waals surface area contributed by atoms with Crippen LogP contribution in [0.1, 0.15) is 18.5 Å². The number of nitrogens with zero attached hydrogens (tertiary/aromatic N) is 2. The Balaban J connectivity index is 1.95. The SMILES string of the molecule is O=C1C(=Cc2cccc(Cl)n2)N2CCC1CC2. The van der Waals surface area contributed by atoms with E-state index in [9.17, 15) is 4.79 Å². The Morgan fingerprint density at radius 3 is 2.76 bits per heavy atom. The molecule has 0 saturated carbocycles. The maximum Gasteiger partial charge on any atom is 0.182 e. The van der Waals surface area contributed by atoms with Crippen LogP contribution in [-0.4, -0.2) is 28.8 Å². The van der Waals surface area contributed by atoms with Gasteiger partial charge in [-0.3, -0.25) is 4.79 Å². The molecule has 2 bridgehead atoms. The predicted molar refractivity (Wildman–Crippen MR) is 66.5 cm³/mol. The number of halogens is 1. The Hall–Kier alpha value is -1.35. The average molecular weight is 249 g/mol. The number of hydrogen-bond donors (Lipinski definition) is 0. The number of fused-ring (bicyclic) bond motifs is 3. The molecule has 4 heterocycles. The summed E-state index contributed by atoms with van der Waals surface area (Å²) in [6.07, 6.45) is 3.86. The van der Waals surface area contributed by atoms with Gasteiger partial charge in [-0.15, -0.1) is 0 Å². The topological polar surface area (TPSA) is 33.2 Å². The first-order valence-corrected chi connectivity index (χ1v) is 6.25. The molecule has 3 fully saturated rings. The maximum absolute atomic E-state index is 12.1. The van der Waals surface area contributed by atoms with E-state index in [1.807, 2.05) is 18.2 Å². The number of aromatic nitrogens is 1. The van der Waals surface area contributed by atoms with Crippen LogP contribution in [0.3, 0.4) is 0 Å². The van der Waals surface area contributed by atoms with Crippen molar-refractivity contribution >= 4 is 23.5 Å². The highest BCUT2D eigenvalue weighted by atomic mass is 35.5. The molecule has 3 saturated heterocycles. The number of ketones is 1. The van der Waals surface area contributed by atoms with E-state index in [0.29, 0.717) is 5.15 Å². The molecule has 1 aromatic heterocycles. The Labute approximate surface area is 105 Å². The molecule has 0 atom stereocenters. The highest BCUT2D eigenvalue weighted by molar-refractivity contribution is 6.29. The second kappa shape index (κ2) is 4.15. The van der Waals surface area contributed by atoms with Gasteiger partial charge >= 0.3 is 0 Å². The minimum atomic E-state index is 0.227. The van der Waals surface area contributed by atoms with Crippen LogP contribution in [0.4, 0.5) is 0 Å². The summed E-state index contributed by atoms with van der Waals surface area (Å²) in [5, 5.41) is 0.461. The molecule has 1 aromatic rings. The second-order valence-corrected chi connectivity index (χ2v) is 4.93. The normalized spacial score (nSPS) is 22.5. The lowest BCUT2D eigenvalue weighted by atomic mass is 9.84. The van der Waals surface area contributed by atoms with Gasteiger partial charge in [0.25, 0.3) is 0 Å². The van der Waals surface area contributed by atoms with Crippen molar-refractivity contribution in [1.82, 2.24) is 9.88 Å².